The summed E-state index contributed by atoms with van der Waals surface area (Å²) >= 11 is 0. The Hall–Kier alpha value is -1.17. The number of rotatable bonds is 4. The van der Waals surface area contributed by atoms with E-state index in [1.54, 1.807) is 6.07 Å². The van der Waals surface area contributed by atoms with E-state index in [0.717, 1.165) is 12.1 Å². The number of nitrogens with two attached hydrogens (primary N) is 1. The molecule has 0 amide bonds. The van der Waals surface area contributed by atoms with Gasteiger partial charge in [0.15, 0.2) is 0 Å². The van der Waals surface area contributed by atoms with Crippen molar-refractivity contribution in [2.24, 2.45) is 5.73 Å². The molecule has 1 aliphatic heterocycles. The molecule has 0 radical (unpaired) electrons. The standard InChI is InChI=1S/C15H24FN3O/c1-10(17)13-5-4-6-14(16)15(13)19-9-12(20)7-11(19)8-18(2)3/h4-6,10-12,20H,7-9,17H2,1-3H3/t10-,11?,12?/m0/s1. The number of aliphatic hydroxyl groups excluding tert-OH is 1. The predicted molar refractivity (Wildman–Crippen MR) is 79.3 cm³/mol. The molecule has 3 atom stereocenters. The zero-order valence-electron chi connectivity index (χ0n) is 12.4. The molecular formula is C15H24FN3O. The van der Waals surface area contributed by atoms with E-state index in [4.69, 9.17) is 5.73 Å². The van der Waals surface area contributed by atoms with E-state index in [1.807, 2.05) is 32.0 Å². The van der Waals surface area contributed by atoms with Gasteiger partial charge in [-0.05, 0) is 39.1 Å². The van der Waals surface area contributed by atoms with Gasteiger partial charge < -0.3 is 20.6 Å². The highest BCUT2D eigenvalue weighted by atomic mass is 19.1. The molecule has 0 aliphatic carbocycles. The van der Waals surface area contributed by atoms with Gasteiger partial charge in [0.05, 0.1) is 11.8 Å². The Morgan fingerprint density at radius 1 is 1.50 bits per heavy atom. The van der Waals surface area contributed by atoms with E-state index in [9.17, 15) is 9.50 Å². The summed E-state index contributed by atoms with van der Waals surface area (Å²) in [5.74, 6) is -0.266. The van der Waals surface area contributed by atoms with Crippen molar-refractivity contribution in [1.29, 1.82) is 0 Å². The average Bonchev–Trinajstić information content (AvgIpc) is 2.68. The monoisotopic (exact) mass is 281 g/mol. The molecule has 1 fully saturated rings. The molecule has 1 aromatic carbocycles. The van der Waals surface area contributed by atoms with Gasteiger partial charge in [0.2, 0.25) is 0 Å². The Balaban J connectivity index is 2.38. The number of anilines is 1. The van der Waals surface area contributed by atoms with Crippen molar-refractivity contribution < 1.29 is 9.50 Å². The molecule has 2 rings (SSSR count). The Labute approximate surface area is 120 Å². The number of hydrogen-bond acceptors (Lipinski definition) is 4. The van der Waals surface area contributed by atoms with Gasteiger partial charge in [-0.25, -0.2) is 4.39 Å². The summed E-state index contributed by atoms with van der Waals surface area (Å²) in [4.78, 5) is 4.03. The third-order valence-corrected chi connectivity index (χ3v) is 3.76. The van der Waals surface area contributed by atoms with Crippen LogP contribution >= 0.6 is 0 Å². The maximum absolute atomic E-state index is 14.3. The van der Waals surface area contributed by atoms with Crippen LogP contribution in [0, 0.1) is 5.82 Å². The highest BCUT2D eigenvalue weighted by Gasteiger charge is 2.34. The zero-order chi connectivity index (χ0) is 14.9. The lowest BCUT2D eigenvalue weighted by Gasteiger charge is -2.31. The van der Waals surface area contributed by atoms with E-state index in [1.165, 1.54) is 6.07 Å². The van der Waals surface area contributed by atoms with Crippen molar-refractivity contribution in [3.8, 4) is 0 Å². The number of β-amino-alcohol motifs (C(OH)–C–C–N with tert-alkyl or cyclic N) is 1. The number of aliphatic hydroxyl groups is 1. The van der Waals surface area contributed by atoms with E-state index >= 15 is 0 Å². The molecule has 0 bridgehead atoms. The summed E-state index contributed by atoms with van der Waals surface area (Å²) in [7, 11) is 3.97. The number of nitrogens with zero attached hydrogens (tertiary/aromatic N) is 2. The average molecular weight is 281 g/mol. The van der Waals surface area contributed by atoms with Crippen LogP contribution in [0.1, 0.15) is 24.9 Å². The van der Waals surface area contributed by atoms with Crippen molar-refractivity contribution in [3.63, 3.8) is 0 Å². The number of likely N-dealkylation sites (N-methyl/N-ethyl adjacent to an activating group) is 1. The molecule has 20 heavy (non-hydrogen) atoms. The molecule has 0 spiro atoms. The number of benzene rings is 1. The molecule has 0 saturated carbocycles. The van der Waals surface area contributed by atoms with Crippen LogP contribution in [-0.4, -0.2) is 49.3 Å². The van der Waals surface area contributed by atoms with E-state index < -0.39 is 6.10 Å². The van der Waals surface area contributed by atoms with Crippen LogP contribution < -0.4 is 10.6 Å². The summed E-state index contributed by atoms with van der Waals surface area (Å²) < 4.78 is 14.3. The van der Waals surface area contributed by atoms with Gasteiger partial charge in [-0.3, -0.25) is 0 Å². The van der Waals surface area contributed by atoms with Crippen molar-refractivity contribution in [2.75, 3.05) is 32.1 Å². The Kier molecular flexibility index (Phi) is 4.62. The maximum atomic E-state index is 14.3. The third-order valence-electron chi connectivity index (χ3n) is 3.76. The summed E-state index contributed by atoms with van der Waals surface area (Å²) in [6.45, 7) is 3.09. The molecule has 1 aliphatic rings. The second-order valence-corrected chi connectivity index (χ2v) is 5.92. The molecular weight excluding hydrogens is 257 g/mol. The molecule has 3 N–H and O–H groups in total. The van der Waals surface area contributed by atoms with Crippen molar-refractivity contribution >= 4 is 5.69 Å². The minimum absolute atomic E-state index is 0.106. The van der Waals surface area contributed by atoms with Crippen LogP contribution in [0.3, 0.4) is 0 Å². The Bertz CT molecular complexity index is 464. The van der Waals surface area contributed by atoms with Gasteiger partial charge in [0.25, 0.3) is 0 Å². The lowest BCUT2D eigenvalue weighted by Crippen LogP contribution is -2.39. The van der Waals surface area contributed by atoms with Crippen molar-refractivity contribution in [2.45, 2.75) is 31.5 Å². The second-order valence-electron chi connectivity index (χ2n) is 5.92. The first-order chi connectivity index (χ1) is 9.40. The fourth-order valence-corrected chi connectivity index (χ4v) is 2.96. The second kappa shape index (κ2) is 6.08. The SMILES string of the molecule is C[C@H](N)c1cccc(F)c1N1CC(O)CC1CN(C)C. The first kappa shape index (κ1) is 15.2. The minimum atomic E-state index is -0.416. The minimum Gasteiger partial charge on any atom is -0.391 e. The lowest BCUT2D eigenvalue weighted by atomic mass is 10.0. The van der Waals surface area contributed by atoms with E-state index in [2.05, 4.69) is 4.90 Å². The van der Waals surface area contributed by atoms with Crippen LogP contribution in [0.5, 0.6) is 0 Å². The van der Waals surface area contributed by atoms with Crippen molar-refractivity contribution in [1.82, 2.24) is 4.90 Å². The number of halogens is 1. The third kappa shape index (κ3) is 3.11. The number of para-hydroxylation sites is 1. The normalized spacial score (nSPS) is 24.4. The highest BCUT2D eigenvalue weighted by Crippen LogP contribution is 2.34. The van der Waals surface area contributed by atoms with Gasteiger partial charge in [-0.1, -0.05) is 12.1 Å². The first-order valence-electron chi connectivity index (χ1n) is 7.03. The van der Waals surface area contributed by atoms with Gasteiger partial charge in [0, 0.05) is 25.2 Å². The van der Waals surface area contributed by atoms with Crippen LogP contribution in [0.25, 0.3) is 0 Å². The molecule has 1 saturated heterocycles. The zero-order valence-corrected chi connectivity index (χ0v) is 12.4. The molecule has 4 nitrogen and oxygen atoms in total. The lowest BCUT2D eigenvalue weighted by molar-refractivity contribution is 0.191. The Morgan fingerprint density at radius 2 is 2.20 bits per heavy atom. The van der Waals surface area contributed by atoms with Gasteiger partial charge in [0.1, 0.15) is 5.82 Å². The van der Waals surface area contributed by atoms with Gasteiger partial charge in [-0.15, -0.1) is 0 Å². The first-order valence-corrected chi connectivity index (χ1v) is 7.03. The van der Waals surface area contributed by atoms with Crippen LogP contribution in [0.2, 0.25) is 0 Å². The van der Waals surface area contributed by atoms with Crippen LogP contribution in [0.15, 0.2) is 18.2 Å². The fraction of sp³-hybridized carbons (Fsp3) is 0.600. The fourth-order valence-electron chi connectivity index (χ4n) is 2.96. The summed E-state index contributed by atoms with van der Waals surface area (Å²) in [5, 5.41) is 9.95. The summed E-state index contributed by atoms with van der Waals surface area (Å²) in [5.41, 5.74) is 7.31. The smallest absolute Gasteiger partial charge is 0.146 e. The van der Waals surface area contributed by atoms with Crippen LogP contribution in [-0.2, 0) is 0 Å². The molecule has 0 aromatic heterocycles. The maximum Gasteiger partial charge on any atom is 0.146 e. The predicted octanol–water partition coefficient (Wildman–Crippen LogP) is 1.35. The summed E-state index contributed by atoms with van der Waals surface area (Å²) in [6.07, 6.45) is 0.241. The molecule has 2 unspecified atom stereocenters. The molecule has 1 heterocycles. The summed E-state index contributed by atoms with van der Waals surface area (Å²) in [6, 6.07) is 4.87. The Morgan fingerprint density at radius 3 is 2.80 bits per heavy atom. The topological polar surface area (TPSA) is 52.7 Å². The number of hydrogen-bond donors (Lipinski definition) is 2. The van der Waals surface area contributed by atoms with E-state index in [0.29, 0.717) is 18.7 Å². The quantitative estimate of drug-likeness (QED) is 0.874. The highest BCUT2D eigenvalue weighted by molar-refractivity contribution is 5.58. The van der Waals surface area contributed by atoms with E-state index in [-0.39, 0.29) is 17.9 Å². The van der Waals surface area contributed by atoms with Gasteiger partial charge in [-0.2, -0.15) is 0 Å². The molecule has 5 heteroatoms. The molecule has 1 aromatic rings. The van der Waals surface area contributed by atoms with Crippen molar-refractivity contribution in [3.05, 3.63) is 29.6 Å². The van der Waals surface area contributed by atoms with Gasteiger partial charge >= 0.3 is 0 Å². The van der Waals surface area contributed by atoms with Crippen LogP contribution in [0.4, 0.5) is 10.1 Å². The largest absolute Gasteiger partial charge is 0.391 e. The molecule has 112 valence electrons.